The summed E-state index contributed by atoms with van der Waals surface area (Å²) in [6, 6.07) is 5.49. The first kappa shape index (κ1) is 13.2. The van der Waals surface area contributed by atoms with Crippen LogP contribution in [0.2, 0.25) is 5.02 Å². The molecule has 2 rings (SSSR count). The van der Waals surface area contributed by atoms with E-state index in [1.54, 1.807) is 6.07 Å². The second kappa shape index (κ2) is 5.16. The fraction of sp³-hybridized carbons (Fsp3) is 0.455. The Kier molecular flexibility index (Phi) is 4.00. The number of nitrogens with one attached hydrogen (secondary N) is 1. The van der Waals surface area contributed by atoms with Gasteiger partial charge in [-0.3, -0.25) is 0 Å². The van der Waals surface area contributed by atoms with Crippen molar-refractivity contribution in [2.45, 2.75) is 18.9 Å². The lowest BCUT2D eigenvalue weighted by molar-refractivity contribution is 0.562. The number of sulfone groups is 1. The van der Waals surface area contributed by atoms with Gasteiger partial charge in [0, 0.05) is 10.5 Å². The lowest BCUT2D eigenvalue weighted by Crippen LogP contribution is -2.34. The summed E-state index contributed by atoms with van der Waals surface area (Å²) in [5.74, 6) is 0.499. The third-order valence-electron chi connectivity index (χ3n) is 2.75. The van der Waals surface area contributed by atoms with Crippen molar-refractivity contribution in [2.75, 3.05) is 16.8 Å². The zero-order valence-corrected chi connectivity index (χ0v) is 12.3. The largest absolute Gasteiger partial charge is 0.380 e. The molecule has 1 fully saturated rings. The van der Waals surface area contributed by atoms with E-state index in [0.717, 1.165) is 16.6 Å². The summed E-state index contributed by atoms with van der Waals surface area (Å²) in [5.41, 5.74) is 0.789. The Balaban J connectivity index is 2.10. The molecule has 94 valence electrons. The van der Waals surface area contributed by atoms with Crippen LogP contribution in [0.1, 0.15) is 12.8 Å². The van der Waals surface area contributed by atoms with Gasteiger partial charge >= 0.3 is 0 Å². The molecule has 0 spiro atoms. The number of anilines is 1. The molecule has 6 heteroatoms. The van der Waals surface area contributed by atoms with Crippen molar-refractivity contribution in [1.82, 2.24) is 0 Å². The summed E-state index contributed by atoms with van der Waals surface area (Å²) in [4.78, 5) is 0. The molecule has 1 unspecified atom stereocenters. The van der Waals surface area contributed by atoms with E-state index in [4.69, 9.17) is 11.6 Å². The molecule has 17 heavy (non-hydrogen) atoms. The molecule has 0 aliphatic carbocycles. The van der Waals surface area contributed by atoms with Crippen molar-refractivity contribution in [3.63, 3.8) is 0 Å². The van der Waals surface area contributed by atoms with Gasteiger partial charge in [0.15, 0.2) is 9.84 Å². The van der Waals surface area contributed by atoms with Gasteiger partial charge in [0.2, 0.25) is 0 Å². The van der Waals surface area contributed by atoms with E-state index >= 15 is 0 Å². The second-order valence-electron chi connectivity index (χ2n) is 4.22. The minimum atomic E-state index is -2.89. The van der Waals surface area contributed by atoms with Crippen LogP contribution in [0.15, 0.2) is 22.7 Å². The van der Waals surface area contributed by atoms with Gasteiger partial charge < -0.3 is 5.32 Å². The van der Waals surface area contributed by atoms with Crippen LogP contribution in [0.5, 0.6) is 0 Å². The van der Waals surface area contributed by atoms with Crippen molar-refractivity contribution in [3.8, 4) is 0 Å². The molecular formula is C11H13BrClNO2S. The summed E-state index contributed by atoms with van der Waals surface area (Å²) >= 11 is 9.41. The Bertz CT molecular complexity index is 518. The van der Waals surface area contributed by atoms with Crippen molar-refractivity contribution in [3.05, 3.63) is 27.7 Å². The number of rotatable bonds is 2. The van der Waals surface area contributed by atoms with E-state index in [9.17, 15) is 8.42 Å². The summed E-state index contributed by atoms with van der Waals surface area (Å²) in [6.45, 7) is 0. The molecular weight excluding hydrogens is 326 g/mol. The highest BCUT2D eigenvalue weighted by Gasteiger charge is 2.24. The monoisotopic (exact) mass is 337 g/mol. The molecule has 1 saturated heterocycles. The Morgan fingerprint density at radius 2 is 2.18 bits per heavy atom. The van der Waals surface area contributed by atoms with Crippen LogP contribution >= 0.6 is 27.5 Å². The Morgan fingerprint density at radius 1 is 1.41 bits per heavy atom. The average Bonchev–Trinajstić information content (AvgIpc) is 2.21. The molecule has 1 heterocycles. The first-order valence-corrected chi connectivity index (χ1v) is 8.37. The molecule has 1 aromatic carbocycles. The van der Waals surface area contributed by atoms with Crippen molar-refractivity contribution in [2.24, 2.45) is 0 Å². The molecule has 0 aromatic heterocycles. The number of hydrogen-bond acceptors (Lipinski definition) is 3. The van der Waals surface area contributed by atoms with Gasteiger partial charge in [-0.15, -0.1) is 0 Å². The Hall–Kier alpha value is -0.260. The van der Waals surface area contributed by atoms with Crippen molar-refractivity contribution >= 4 is 43.1 Å². The topological polar surface area (TPSA) is 46.2 Å². The lowest BCUT2D eigenvalue weighted by Gasteiger charge is -2.24. The van der Waals surface area contributed by atoms with E-state index in [2.05, 4.69) is 21.2 Å². The predicted molar refractivity (Wildman–Crippen MR) is 74.5 cm³/mol. The maximum atomic E-state index is 11.5. The zero-order chi connectivity index (χ0) is 12.5. The summed E-state index contributed by atoms with van der Waals surface area (Å²) in [7, 11) is -2.89. The molecule has 1 aromatic rings. The molecule has 0 radical (unpaired) electrons. The summed E-state index contributed by atoms with van der Waals surface area (Å²) in [6.07, 6.45) is 1.58. The second-order valence-corrected chi connectivity index (χ2v) is 7.77. The molecule has 1 N–H and O–H groups in total. The number of hydrogen-bond donors (Lipinski definition) is 1. The smallest absolute Gasteiger partial charge is 0.152 e. The normalized spacial score (nSPS) is 23.3. The molecule has 0 saturated carbocycles. The summed E-state index contributed by atoms with van der Waals surface area (Å²) < 4.78 is 23.9. The predicted octanol–water partition coefficient (Wildman–Crippen LogP) is 3.09. The quantitative estimate of drug-likeness (QED) is 0.901. The van der Waals surface area contributed by atoms with E-state index < -0.39 is 9.84 Å². The third kappa shape index (κ3) is 3.60. The SMILES string of the molecule is O=S1(=O)CCCC(Nc2ccc(Br)cc2Cl)C1. The number of benzene rings is 1. The van der Waals surface area contributed by atoms with Gasteiger partial charge in [-0.05, 0) is 31.0 Å². The Labute approximate surface area is 115 Å². The third-order valence-corrected chi connectivity index (χ3v) is 5.38. The molecule has 3 nitrogen and oxygen atoms in total. The van der Waals surface area contributed by atoms with Crippen LogP contribution in [0.4, 0.5) is 5.69 Å². The molecule has 1 atom stereocenters. The molecule has 1 aliphatic rings. The molecule has 1 aliphatic heterocycles. The minimum Gasteiger partial charge on any atom is -0.380 e. The van der Waals surface area contributed by atoms with Gasteiger partial charge in [0.25, 0.3) is 0 Å². The fourth-order valence-electron chi connectivity index (χ4n) is 1.96. The molecule has 0 bridgehead atoms. The van der Waals surface area contributed by atoms with Crippen LogP contribution in [0.25, 0.3) is 0 Å². The standard InChI is InChI=1S/C11H13BrClNO2S/c12-8-3-4-11(10(13)6-8)14-9-2-1-5-17(15,16)7-9/h3-4,6,9,14H,1-2,5,7H2. The van der Waals surface area contributed by atoms with E-state index in [-0.39, 0.29) is 11.8 Å². The first-order valence-electron chi connectivity index (χ1n) is 5.38. The van der Waals surface area contributed by atoms with Crippen LogP contribution < -0.4 is 5.32 Å². The van der Waals surface area contributed by atoms with Gasteiger partial charge in [-0.1, -0.05) is 27.5 Å². The maximum absolute atomic E-state index is 11.5. The average molecular weight is 339 g/mol. The maximum Gasteiger partial charge on any atom is 0.152 e. The van der Waals surface area contributed by atoms with Crippen molar-refractivity contribution < 1.29 is 8.42 Å². The summed E-state index contributed by atoms with van der Waals surface area (Å²) in [5, 5.41) is 3.80. The highest BCUT2D eigenvalue weighted by Crippen LogP contribution is 2.27. The fourth-order valence-corrected chi connectivity index (χ4v) is 4.33. The van der Waals surface area contributed by atoms with E-state index in [1.165, 1.54) is 0 Å². The van der Waals surface area contributed by atoms with Gasteiger partial charge in [0.05, 0.1) is 22.2 Å². The van der Waals surface area contributed by atoms with Gasteiger partial charge in [0.1, 0.15) is 0 Å². The zero-order valence-electron chi connectivity index (χ0n) is 9.12. The Morgan fingerprint density at radius 3 is 2.82 bits per heavy atom. The minimum absolute atomic E-state index is 0.0348. The highest BCUT2D eigenvalue weighted by atomic mass is 79.9. The van der Waals surface area contributed by atoms with E-state index in [0.29, 0.717) is 17.2 Å². The first-order chi connectivity index (χ1) is 7.96. The van der Waals surface area contributed by atoms with Gasteiger partial charge in [-0.2, -0.15) is 0 Å². The van der Waals surface area contributed by atoms with Crippen LogP contribution in [-0.2, 0) is 9.84 Å². The van der Waals surface area contributed by atoms with Crippen molar-refractivity contribution in [1.29, 1.82) is 0 Å². The highest BCUT2D eigenvalue weighted by molar-refractivity contribution is 9.10. The van der Waals surface area contributed by atoms with Gasteiger partial charge in [-0.25, -0.2) is 8.42 Å². The van der Waals surface area contributed by atoms with Crippen LogP contribution in [0, 0.1) is 0 Å². The van der Waals surface area contributed by atoms with Crippen LogP contribution in [-0.4, -0.2) is 26.0 Å². The number of halogens is 2. The van der Waals surface area contributed by atoms with E-state index in [1.807, 2.05) is 12.1 Å². The van der Waals surface area contributed by atoms with Crippen LogP contribution in [0.3, 0.4) is 0 Å². The lowest BCUT2D eigenvalue weighted by atomic mass is 10.1. The molecule has 0 amide bonds.